The molecule has 2 aromatic carbocycles. The van der Waals surface area contributed by atoms with Crippen molar-refractivity contribution in [3.63, 3.8) is 0 Å². The van der Waals surface area contributed by atoms with Gasteiger partial charge in [-0.2, -0.15) is 0 Å². The molecule has 1 atom stereocenters. The van der Waals surface area contributed by atoms with E-state index >= 15 is 0 Å². The molecule has 3 heterocycles. The number of fused-ring (bicyclic) bond motifs is 1. The van der Waals surface area contributed by atoms with Gasteiger partial charge in [0, 0.05) is 13.1 Å². The van der Waals surface area contributed by atoms with Gasteiger partial charge in [0.15, 0.2) is 0 Å². The van der Waals surface area contributed by atoms with Crippen LogP contribution in [0.4, 0.5) is 20.6 Å². The third-order valence-corrected chi connectivity index (χ3v) is 5.96. The minimum absolute atomic E-state index is 0.171. The van der Waals surface area contributed by atoms with Crippen molar-refractivity contribution in [2.45, 2.75) is 13.0 Å². The van der Waals surface area contributed by atoms with Crippen LogP contribution in [0, 0.1) is 12.7 Å². The second-order valence-corrected chi connectivity index (χ2v) is 7.70. The zero-order valence-electron chi connectivity index (χ0n) is 16.8. The van der Waals surface area contributed by atoms with E-state index in [9.17, 15) is 18.8 Å². The summed E-state index contributed by atoms with van der Waals surface area (Å²) in [6.07, 6.45) is -1.23. The van der Waals surface area contributed by atoms with Gasteiger partial charge < -0.3 is 14.4 Å². The van der Waals surface area contributed by atoms with Crippen molar-refractivity contribution in [2.24, 2.45) is 0 Å². The summed E-state index contributed by atoms with van der Waals surface area (Å²) in [6.45, 7) is 4.20. The zero-order chi connectivity index (χ0) is 21.7. The summed E-state index contributed by atoms with van der Waals surface area (Å²) in [5.41, 5.74) is 2.72. The molecule has 0 aromatic heterocycles. The number of carbonyl (C=O) groups is 3. The molecule has 160 valence electrons. The van der Waals surface area contributed by atoms with Crippen molar-refractivity contribution in [2.75, 3.05) is 42.6 Å². The van der Waals surface area contributed by atoms with Crippen molar-refractivity contribution < 1.29 is 28.2 Å². The zero-order valence-corrected chi connectivity index (χ0v) is 16.8. The van der Waals surface area contributed by atoms with Crippen LogP contribution < -0.4 is 15.1 Å². The van der Waals surface area contributed by atoms with Crippen molar-refractivity contribution in [3.8, 4) is 0 Å². The number of halogens is 1. The summed E-state index contributed by atoms with van der Waals surface area (Å²) in [6, 6.07) is 7.93. The molecule has 8 nitrogen and oxygen atoms in total. The Hall–Kier alpha value is -3.46. The first-order chi connectivity index (χ1) is 14.9. The van der Waals surface area contributed by atoms with E-state index in [1.54, 1.807) is 31.2 Å². The summed E-state index contributed by atoms with van der Waals surface area (Å²) in [7, 11) is 0. The number of imide groups is 1. The molecule has 1 unspecified atom stereocenters. The molecule has 0 saturated carbocycles. The van der Waals surface area contributed by atoms with Crippen LogP contribution in [0.15, 0.2) is 30.3 Å². The molecule has 0 bridgehead atoms. The molecular formula is C22H20FN3O5. The molecule has 3 aliphatic rings. The van der Waals surface area contributed by atoms with E-state index in [1.165, 1.54) is 11.0 Å². The van der Waals surface area contributed by atoms with E-state index in [0.29, 0.717) is 59.9 Å². The Balaban J connectivity index is 1.40. The number of nitrogens with one attached hydrogen (secondary N) is 1. The standard InChI is InChI=1S/C22H20FN3O5/c1-12-14(3-4-15-19(12)21(28)24-20(15)27)18-11-26(22(29)31-18)13-2-5-17(16(23)10-13)25-6-8-30-9-7-25/h2-5,10,18H,6-9,11H2,1H3,(H,24,27,28). The quantitative estimate of drug-likeness (QED) is 0.761. The smallest absolute Gasteiger partial charge is 0.415 e. The van der Waals surface area contributed by atoms with Crippen LogP contribution in [-0.4, -0.2) is 50.8 Å². The highest BCUT2D eigenvalue weighted by Gasteiger charge is 2.37. The monoisotopic (exact) mass is 425 g/mol. The molecule has 3 aliphatic heterocycles. The third kappa shape index (κ3) is 3.21. The molecule has 3 amide bonds. The molecule has 1 N–H and O–H groups in total. The van der Waals surface area contributed by atoms with Gasteiger partial charge in [-0.05, 0) is 42.3 Å². The van der Waals surface area contributed by atoms with Crippen LogP contribution in [0.1, 0.15) is 37.9 Å². The average Bonchev–Trinajstić information content (AvgIpc) is 3.28. The number of morpholine rings is 1. The first-order valence-corrected chi connectivity index (χ1v) is 10.0. The number of ether oxygens (including phenoxy) is 2. The van der Waals surface area contributed by atoms with Gasteiger partial charge in [0.05, 0.1) is 42.3 Å². The van der Waals surface area contributed by atoms with Gasteiger partial charge >= 0.3 is 6.09 Å². The summed E-state index contributed by atoms with van der Waals surface area (Å²) < 4.78 is 25.6. The molecular weight excluding hydrogens is 405 g/mol. The fraction of sp³-hybridized carbons (Fsp3) is 0.318. The van der Waals surface area contributed by atoms with E-state index in [-0.39, 0.29) is 6.54 Å². The van der Waals surface area contributed by atoms with Crippen LogP contribution >= 0.6 is 0 Å². The van der Waals surface area contributed by atoms with Crippen molar-refractivity contribution in [1.29, 1.82) is 0 Å². The Bertz CT molecular complexity index is 1110. The van der Waals surface area contributed by atoms with Crippen LogP contribution in [0.3, 0.4) is 0 Å². The molecule has 2 saturated heterocycles. The number of rotatable bonds is 3. The first-order valence-electron chi connectivity index (χ1n) is 10.0. The SMILES string of the molecule is Cc1c(C2CN(c3ccc(N4CCOCC4)c(F)c3)C(=O)O2)ccc2c1C(=O)NC2=O. The Labute approximate surface area is 177 Å². The molecule has 31 heavy (non-hydrogen) atoms. The lowest BCUT2D eigenvalue weighted by Gasteiger charge is -2.29. The molecule has 0 spiro atoms. The topological polar surface area (TPSA) is 88.2 Å². The van der Waals surface area contributed by atoms with E-state index in [2.05, 4.69) is 5.32 Å². The van der Waals surface area contributed by atoms with Gasteiger partial charge in [-0.3, -0.25) is 19.8 Å². The first kappa shape index (κ1) is 19.5. The number of nitrogens with zero attached hydrogens (tertiary/aromatic N) is 2. The Kier molecular flexibility index (Phi) is 4.62. The maximum Gasteiger partial charge on any atom is 0.415 e. The number of amides is 3. The minimum atomic E-state index is -0.636. The lowest BCUT2D eigenvalue weighted by atomic mass is 9.95. The van der Waals surface area contributed by atoms with E-state index < -0.39 is 29.8 Å². The molecule has 2 fully saturated rings. The number of benzene rings is 2. The van der Waals surface area contributed by atoms with E-state index in [4.69, 9.17) is 9.47 Å². The molecule has 0 aliphatic carbocycles. The fourth-order valence-corrected chi connectivity index (χ4v) is 4.35. The highest BCUT2D eigenvalue weighted by atomic mass is 19.1. The number of cyclic esters (lactones) is 1. The number of anilines is 2. The van der Waals surface area contributed by atoms with Gasteiger partial charge in [-0.1, -0.05) is 6.07 Å². The summed E-state index contributed by atoms with van der Waals surface area (Å²) in [5, 5.41) is 2.27. The fourth-order valence-electron chi connectivity index (χ4n) is 4.35. The van der Waals surface area contributed by atoms with Gasteiger partial charge in [0.2, 0.25) is 0 Å². The van der Waals surface area contributed by atoms with Gasteiger partial charge in [0.25, 0.3) is 11.8 Å². The lowest BCUT2D eigenvalue weighted by Crippen LogP contribution is -2.36. The van der Waals surface area contributed by atoms with Crippen LogP contribution in [0.25, 0.3) is 0 Å². The largest absolute Gasteiger partial charge is 0.439 e. The van der Waals surface area contributed by atoms with Crippen LogP contribution in [-0.2, 0) is 9.47 Å². The van der Waals surface area contributed by atoms with Crippen LogP contribution in [0.2, 0.25) is 0 Å². The van der Waals surface area contributed by atoms with E-state index in [1.807, 2.05) is 4.90 Å². The van der Waals surface area contributed by atoms with Gasteiger partial charge in [-0.25, -0.2) is 9.18 Å². The minimum Gasteiger partial charge on any atom is -0.439 e. The highest BCUT2D eigenvalue weighted by Crippen LogP contribution is 2.35. The molecule has 0 radical (unpaired) electrons. The van der Waals surface area contributed by atoms with Crippen LogP contribution in [0.5, 0.6) is 0 Å². The third-order valence-electron chi connectivity index (χ3n) is 5.96. The highest BCUT2D eigenvalue weighted by molar-refractivity contribution is 6.22. The Morgan fingerprint density at radius 2 is 1.84 bits per heavy atom. The summed E-state index contributed by atoms with van der Waals surface area (Å²) in [4.78, 5) is 39.8. The molecule has 2 aromatic rings. The summed E-state index contributed by atoms with van der Waals surface area (Å²) >= 11 is 0. The normalized spacial score (nSPS) is 20.7. The van der Waals surface area contributed by atoms with Crippen molar-refractivity contribution in [1.82, 2.24) is 5.32 Å². The molecule has 9 heteroatoms. The summed E-state index contributed by atoms with van der Waals surface area (Å²) in [5.74, 6) is -1.31. The van der Waals surface area contributed by atoms with E-state index in [0.717, 1.165) is 0 Å². The number of hydrogen-bond donors (Lipinski definition) is 1. The Morgan fingerprint density at radius 1 is 1.06 bits per heavy atom. The maximum atomic E-state index is 14.8. The van der Waals surface area contributed by atoms with Gasteiger partial charge in [0.1, 0.15) is 11.9 Å². The van der Waals surface area contributed by atoms with Crippen molar-refractivity contribution in [3.05, 3.63) is 58.4 Å². The van der Waals surface area contributed by atoms with Crippen molar-refractivity contribution >= 4 is 29.3 Å². The second kappa shape index (κ2) is 7.35. The molecule has 5 rings (SSSR count). The Morgan fingerprint density at radius 3 is 2.58 bits per heavy atom. The lowest BCUT2D eigenvalue weighted by molar-refractivity contribution is 0.0879. The number of hydrogen-bond acceptors (Lipinski definition) is 6. The predicted octanol–water partition coefficient (Wildman–Crippen LogP) is 2.55. The van der Waals surface area contributed by atoms with Gasteiger partial charge in [-0.15, -0.1) is 0 Å². The maximum absolute atomic E-state index is 14.8. The number of carbonyl (C=O) groups excluding carboxylic acids is 3. The predicted molar refractivity (Wildman–Crippen MR) is 109 cm³/mol. The second-order valence-electron chi connectivity index (χ2n) is 7.70. The average molecular weight is 425 g/mol.